The Morgan fingerprint density at radius 2 is 1.61 bits per heavy atom. The van der Waals surface area contributed by atoms with Gasteiger partial charge in [-0.05, 0) is 63.6 Å². The summed E-state index contributed by atoms with van der Waals surface area (Å²) >= 11 is 6.21. The van der Waals surface area contributed by atoms with E-state index in [4.69, 9.17) is 11.6 Å². The summed E-state index contributed by atoms with van der Waals surface area (Å²) in [4.78, 5) is 27.9. The summed E-state index contributed by atoms with van der Waals surface area (Å²) in [5.74, 6) is -1.67. The molecular formula is C28H31ClFN3O4S. The van der Waals surface area contributed by atoms with Crippen molar-refractivity contribution < 1.29 is 22.4 Å². The molecule has 3 aromatic carbocycles. The molecule has 0 radical (unpaired) electrons. The van der Waals surface area contributed by atoms with Gasteiger partial charge in [-0.2, -0.15) is 0 Å². The Bertz CT molecular complexity index is 1400. The minimum absolute atomic E-state index is 0.0153. The number of benzene rings is 3. The minimum atomic E-state index is -4.22. The molecule has 3 rings (SSSR count). The number of carbonyl (C=O) groups excluding carboxylic acids is 2. The van der Waals surface area contributed by atoms with Crippen LogP contribution in [-0.2, 0) is 26.2 Å². The first-order chi connectivity index (χ1) is 17.9. The van der Waals surface area contributed by atoms with E-state index in [0.29, 0.717) is 10.6 Å². The summed E-state index contributed by atoms with van der Waals surface area (Å²) < 4.78 is 43.1. The molecule has 0 aliphatic rings. The van der Waals surface area contributed by atoms with Crippen molar-refractivity contribution in [3.63, 3.8) is 0 Å². The van der Waals surface area contributed by atoms with Gasteiger partial charge >= 0.3 is 0 Å². The number of carbonyl (C=O) groups is 2. The van der Waals surface area contributed by atoms with Gasteiger partial charge in [-0.15, -0.1) is 0 Å². The van der Waals surface area contributed by atoms with Gasteiger partial charge in [0.05, 0.1) is 10.6 Å². The standard InChI is InChI=1S/C28H31ClFN3O4S/c1-19(2)31-28(35)21(4)32(17-22-10-8-9-13-25(22)30)27(34)18-33(26-16-23(29)15-14-20(26)3)38(36,37)24-11-6-5-7-12-24/h5-16,19,21H,17-18H2,1-4H3,(H,31,35)/t21-/m0/s1. The van der Waals surface area contributed by atoms with Crippen molar-refractivity contribution in [3.8, 4) is 0 Å². The van der Waals surface area contributed by atoms with E-state index in [9.17, 15) is 22.4 Å². The van der Waals surface area contributed by atoms with E-state index in [1.807, 2.05) is 0 Å². The summed E-state index contributed by atoms with van der Waals surface area (Å²) in [5, 5.41) is 3.05. The van der Waals surface area contributed by atoms with Crippen LogP contribution in [0.15, 0.2) is 77.7 Å². The first kappa shape index (κ1) is 29.1. The zero-order chi connectivity index (χ0) is 28.0. The molecule has 3 aromatic rings. The van der Waals surface area contributed by atoms with Crippen molar-refractivity contribution in [1.29, 1.82) is 0 Å². The van der Waals surface area contributed by atoms with Crippen LogP contribution >= 0.6 is 11.6 Å². The van der Waals surface area contributed by atoms with E-state index in [2.05, 4.69) is 5.32 Å². The van der Waals surface area contributed by atoms with E-state index < -0.39 is 40.2 Å². The summed E-state index contributed by atoms with van der Waals surface area (Å²) in [6.07, 6.45) is 0. The molecule has 202 valence electrons. The molecule has 0 bridgehead atoms. The van der Waals surface area contributed by atoms with Crippen molar-refractivity contribution >= 4 is 39.1 Å². The molecule has 1 atom stereocenters. The topological polar surface area (TPSA) is 86.8 Å². The molecule has 0 unspecified atom stereocenters. The highest BCUT2D eigenvalue weighted by Crippen LogP contribution is 2.30. The van der Waals surface area contributed by atoms with Crippen molar-refractivity contribution in [3.05, 3.63) is 94.8 Å². The van der Waals surface area contributed by atoms with Crippen LogP contribution in [-0.4, -0.2) is 43.8 Å². The van der Waals surface area contributed by atoms with Crippen molar-refractivity contribution in [1.82, 2.24) is 10.2 Å². The number of hydrogen-bond acceptors (Lipinski definition) is 4. The highest BCUT2D eigenvalue weighted by molar-refractivity contribution is 7.92. The Balaban J connectivity index is 2.08. The quantitative estimate of drug-likeness (QED) is 0.382. The Morgan fingerprint density at radius 3 is 2.24 bits per heavy atom. The van der Waals surface area contributed by atoms with Gasteiger partial charge in [-0.3, -0.25) is 13.9 Å². The van der Waals surface area contributed by atoms with Crippen LogP contribution < -0.4 is 9.62 Å². The number of nitrogens with zero attached hydrogens (tertiary/aromatic N) is 2. The maximum absolute atomic E-state index is 14.6. The monoisotopic (exact) mass is 559 g/mol. The molecule has 0 spiro atoms. The molecule has 0 aliphatic carbocycles. The van der Waals surface area contributed by atoms with Gasteiger partial charge in [0.15, 0.2) is 0 Å². The summed E-state index contributed by atoms with van der Waals surface area (Å²) in [6, 6.07) is 17.2. The van der Waals surface area contributed by atoms with E-state index in [1.165, 1.54) is 48.2 Å². The first-order valence-electron chi connectivity index (χ1n) is 12.1. The lowest BCUT2D eigenvalue weighted by Crippen LogP contribution is -2.52. The highest BCUT2D eigenvalue weighted by Gasteiger charge is 2.33. The van der Waals surface area contributed by atoms with E-state index >= 15 is 0 Å². The summed E-state index contributed by atoms with van der Waals surface area (Å²) in [6.45, 7) is 5.93. The molecule has 0 fully saturated rings. The van der Waals surface area contributed by atoms with E-state index in [1.54, 1.807) is 57.2 Å². The van der Waals surface area contributed by atoms with Crippen LogP contribution in [0.2, 0.25) is 5.02 Å². The fraction of sp³-hybridized carbons (Fsp3) is 0.286. The summed E-state index contributed by atoms with van der Waals surface area (Å²) in [5.41, 5.74) is 0.995. The molecule has 38 heavy (non-hydrogen) atoms. The second-order valence-corrected chi connectivity index (χ2v) is 11.5. The molecule has 0 aliphatic heterocycles. The fourth-order valence-electron chi connectivity index (χ4n) is 3.88. The number of rotatable bonds is 10. The fourth-order valence-corrected chi connectivity index (χ4v) is 5.54. The molecule has 0 saturated carbocycles. The molecule has 1 N–H and O–H groups in total. The second-order valence-electron chi connectivity index (χ2n) is 9.21. The Kier molecular flexibility index (Phi) is 9.51. The predicted molar refractivity (Wildman–Crippen MR) is 147 cm³/mol. The van der Waals surface area contributed by atoms with Gasteiger partial charge in [-0.25, -0.2) is 12.8 Å². The SMILES string of the molecule is Cc1ccc(Cl)cc1N(CC(=O)N(Cc1ccccc1F)[C@@H](C)C(=O)NC(C)C)S(=O)(=O)c1ccccc1. The largest absolute Gasteiger partial charge is 0.352 e. The van der Waals surface area contributed by atoms with Crippen molar-refractivity contribution in [2.24, 2.45) is 0 Å². The highest BCUT2D eigenvalue weighted by atomic mass is 35.5. The van der Waals surface area contributed by atoms with Gasteiger partial charge in [-0.1, -0.05) is 54.1 Å². The number of amides is 2. The van der Waals surface area contributed by atoms with E-state index in [-0.39, 0.29) is 28.7 Å². The third-order valence-electron chi connectivity index (χ3n) is 5.95. The van der Waals surface area contributed by atoms with Crippen LogP contribution in [0.1, 0.15) is 31.9 Å². The number of sulfonamides is 1. The lowest BCUT2D eigenvalue weighted by molar-refractivity contribution is -0.139. The molecule has 0 heterocycles. The molecule has 10 heteroatoms. The molecular weight excluding hydrogens is 529 g/mol. The maximum Gasteiger partial charge on any atom is 0.264 e. The lowest BCUT2D eigenvalue weighted by Gasteiger charge is -2.32. The van der Waals surface area contributed by atoms with Crippen LogP contribution in [0, 0.1) is 12.7 Å². The van der Waals surface area contributed by atoms with Crippen LogP contribution in [0.4, 0.5) is 10.1 Å². The normalized spacial score (nSPS) is 12.2. The summed E-state index contributed by atoms with van der Waals surface area (Å²) in [7, 11) is -4.22. The van der Waals surface area contributed by atoms with Crippen molar-refractivity contribution in [2.45, 2.75) is 51.2 Å². The average molecular weight is 560 g/mol. The molecule has 0 aromatic heterocycles. The van der Waals surface area contributed by atoms with Gasteiger partial charge in [0, 0.05) is 23.2 Å². The third kappa shape index (κ3) is 6.90. The first-order valence-corrected chi connectivity index (χ1v) is 13.9. The smallest absolute Gasteiger partial charge is 0.264 e. The third-order valence-corrected chi connectivity index (χ3v) is 7.96. The van der Waals surface area contributed by atoms with Crippen molar-refractivity contribution in [2.75, 3.05) is 10.8 Å². The number of aryl methyl sites for hydroxylation is 1. The Labute approximate surface area is 228 Å². The zero-order valence-corrected chi connectivity index (χ0v) is 23.3. The maximum atomic E-state index is 14.6. The molecule has 7 nitrogen and oxygen atoms in total. The number of anilines is 1. The molecule has 0 saturated heterocycles. The van der Waals surface area contributed by atoms with Crippen LogP contribution in [0.5, 0.6) is 0 Å². The van der Waals surface area contributed by atoms with Gasteiger partial charge < -0.3 is 10.2 Å². The Morgan fingerprint density at radius 1 is 0.974 bits per heavy atom. The van der Waals surface area contributed by atoms with Gasteiger partial charge in [0.2, 0.25) is 11.8 Å². The minimum Gasteiger partial charge on any atom is -0.352 e. The lowest BCUT2D eigenvalue weighted by atomic mass is 10.1. The van der Waals surface area contributed by atoms with Crippen LogP contribution in [0.25, 0.3) is 0 Å². The number of hydrogen-bond donors (Lipinski definition) is 1. The number of nitrogens with one attached hydrogen (secondary N) is 1. The Hall–Kier alpha value is -3.43. The van der Waals surface area contributed by atoms with Gasteiger partial charge in [0.1, 0.15) is 18.4 Å². The zero-order valence-electron chi connectivity index (χ0n) is 21.7. The van der Waals surface area contributed by atoms with Crippen LogP contribution in [0.3, 0.4) is 0 Å². The number of halogens is 2. The second kappa shape index (κ2) is 12.4. The predicted octanol–water partition coefficient (Wildman–Crippen LogP) is 4.92. The average Bonchev–Trinajstić information content (AvgIpc) is 2.88. The van der Waals surface area contributed by atoms with Gasteiger partial charge in [0.25, 0.3) is 10.0 Å². The molecule has 2 amide bonds. The van der Waals surface area contributed by atoms with E-state index in [0.717, 1.165) is 4.31 Å².